The summed E-state index contributed by atoms with van der Waals surface area (Å²) in [6.45, 7) is 3.69. The van der Waals surface area contributed by atoms with Gasteiger partial charge in [0.15, 0.2) is 0 Å². The Bertz CT molecular complexity index is 400. The third-order valence-corrected chi connectivity index (χ3v) is 5.56. The van der Waals surface area contributed by atoms with Crippen molar-refractivity contribution in [2.24, 2.45) is 17.8 Å². The van der Waals surface area contributed by atoms with Crippen LogP contribution in [0, 0.1) is 17.8 Å². The number of nitrogens with one attached hydrogen (secondary N) is 1. The van der Waals surface area contributed by atoms with Crippen molar-refractivity contribution in [3.05, 3.63) is 0 Å². The van der Waals surface area contributed by atoms with Gasteiger partial charge in [-0.25, -0.2) is 0 Å². The van der Waals surface area contributed by atoms with Gasteiger partial charge in [0, 0.05) is 19.5 Å². The van der Waals surface area contributed by atoms with Crippen LogP contribution in [-0.2, 0) is 9.59 Å². The molecule has 1 N–H and O–H groups in total. The molecule has 0 aromatic rings. The number of rotatable bonds is 4. The van der Waals surface area contributed by atoms with Crippen molar-refractivity contribution < 1.29 is 9.59 Å². The van der Waals surface area contributed by atoms with Crippen molar-refractivity contribution in [1.82, 2.24) is 10.2 Å². The van der Waals surface area contributed by atoms with Gasteiger partial charge in [0.2, 0.25) is 11.8 Å². The van der Waals surface area contributed by atoms with Gasteiger partial charge >= 0.3 is 0 Å². The van der Waals surface area contributed by atoms with Gasteiger partial charge in [0.25, 0.3) is 0 Å². The molecule has 2 aliphatic carbocycles. The van der Waals surface area contributed by atoms with E-state index >= 15 is 0 Å². The molecule has 3 rings (SSSR count). The molecule has 4 heteroatoms. The Balaban J connectivity index is 1.68. The van der Waals surface area contributed by atoms with Crippen molar-refractivity contribution in [2.45, 2.75) is 64.3 Å². The number of hydrogen-bond donors (Lipinski definition) is 1. The van der Waals surface area contributed by atoms with Crippen LogP contribution >= 0.6 is 0 Å². The fourth-order valence-corrected chi connectivity index (χ4v) is 3.98. The van der Waals surface area contributed by atoms with Crippen LogP contribution in [0.15, 0.2) is 0 Å². The van der Waals surface area contributed by atoms with E-state index in [9.17, 15) is 9.59 Å². The van der Waals surface area contributed by atoms with Gasteiger partial charge in [-0.1, -0.05) is 26.2 Å². The van der Waals surface area contributed by atoms with E-state index in [-0.39, 0.29) is 17.9 Å². The molecule has 1 heterocycles. The highest BCUT2D eigenvalue weighted by atomic mass is 16.2. The predicted octanol–water partition coefficient (Wildman–Crippen LogP) is 2.33. The molecule has 1 saturated heterocycles. The molecular formula is C17H28N2O2. The van der Waals surface area contributed by atoms with Crippen molar-refractivity contribution in [2.75, 3.05) is 13.1 Å². The first-order valence-electron chi connectivity index (χ1n) is 8.73. The summed E-state index contributed by atoms with van der Waals surface area (Å²) in [5, 5.41) is 3.02. The van der Waals surface area contributed by atoms with E-state index in [1.54, 1.807) is 0 Å². The van der Waals surface area contributed by atoms with E-state index in [1.165, 1.54) is 32.1 Å². The zero-order valence-electron chi connectivity index (χ0n) is 13.1. The fraction of sp³-hybridized carbons (Fsp3) is 0.882. The minimum Gasteiger partial charge on any atom is -0.344 e. The summed E-state index contributed by atoms with van der Waals surface area (Å²) >= 11 is 0. The molecule has 2 amide bonds. The molecule has 2 saturated carbocycles. The van der Waals surface area contributed by atoms with E-state index < -0.39 is 0 Å². The molecule has 21 heavy (non-hydrogen) atoms. The first kappa shape index (κ1) is 14.9. The summed E-state index contributed by atoms with van der Waals surface area (Å²) in [5.41, 5.74) is 0. The summed E-state index contributed by atoms with van der Waals surface area (Å²) in [7, 11) is 0. The highest BCUT2D eigenvalue weighted by Gasteiger charge is 2.38. The topological polar surface area (TPSA) is 49.4 Å². The molecule has 0 bridgehead atoms. The lowest BCUT2D eigenvalue weighted by molar-refractivity contribution is -0.136. The first-order valence-corrected chi connectivity index (χ1v) is 8.73. The monoisotopic (exact) mass is 292 g/mol. The van der Waals surface area contributed by atoms with E-state index in [1.807, 2.05) is 4.90 Å². The average molecular weight is 292 g/mol. The lowest BCUT2D eigenvalue weighted by atomic mass is 9.83. The number of nitrogens with zero attached hydrogens (tertiary/aromatic N) is 1. The quantitative estimate of drug-likeness (QED) is 0.864. The van der Waals surface area contributed by atoms with Gasteiger partial charge < -0.3 is 10.2 Å². The molecule has 3 fully saturated rings. The van der Waals surface area contributed by atoms with E-state index in [4.69, 9.17) is 0 Å². The zero-order valence-corrected chi connectivity index (χ0v) is 13.1. The van der Waals surface area contributed by atoms with Gasteiger partial charge in [-0.3, -0.25) is 9.59 Å². The third kappa shape index (κ3) is 3.58. The van der Waals surface area contributed by atoms with E-state index in [0.717, 1.165) is 25.3 Å². The summed E-state index contributed by atoms with van der Waals surface area (Å²) in [5.74, 6) is 1.97. The zero-order chi connectivity index (χ0) is 14.8. The standard InChI is InChI=1S/C17H28N2O2/c1-12(13-7-8-13)11-19-10-9-15(20)18-16(17(19)21)14-5-3-2-4-6-14/h12-14,16H,2-11H2,1H3,(H,18,20). The summed E-state index contributed by atoms with van der Waals surface area (Å²) in [6.07, 6.45) is 8.93. The number of amides is 2. The average Bonchev–Trinajstić information content (AvgIpc) is 3.33. The number of carbonyl (C=O) groups excluding carboxylic acids is 2. The smallest absolute Gasteiger partial charge is 0.245 e. The molecule has 4 nitrogen and oxygen atoms in total. The minimum atomic E-state index is -0.258. The van der Waals surface area contributed by atoms with Gasteiger partial charge in [0.1, 0.15) is 6.04 Å². The second-order valence-electron chi connectivity index (χ2n) is 7.29. The van der Waals surface area contributed by atoms with Crippen LogP contribution in [0.2, 0.25) is 0 Å². The molecular weight excluding hydrogens is 264 g/mol. The highest BCUT2D eigenvalue weighted by Crippen LogP contribution is 2.37. The van der Waals surface area contributed by atoms with Crippen LogP contribution in [0.25, 0.3) is 0 Å². The first-order chi connectivity index (χ1) is 10.1. The molecule has 2 unspecified atom stereocenters. The lowest BCUT2D eigenvalue weighted by Gasteiger charge is -2.32. The largest absolute Gasteiger partial charge is 0.344 e. The van der Waals surface area contributed by atoms with Crippen molar-refractivity contribution in [3.63, 3.8) is 0 Å². The summed E-state index contributed by atoms with van der Waals surface area (Å²) in [4.78, 5) is 26.8. The Morgan fingerprint density at radius 3 is 2.52 bits per heavy atom. The molecule has 3 aliphatic rings. The normalized spacial score (nSPS) is 30.0. The van der Waals surface area contributed by atoms with E-state index in [0.29, 0.717) is 24.8 Å². The van der Waals surface area contributed by atoms with Crippen molar-refractivity contribution in [3.8, 4) is 0 Å². The Hall–Kier alpha value is -1.06. The number of hydrogen-bond acceptors (Lipinski definition) is 2. The van der Waals surface area contributed by atoms with Gasteiger partial charge in [0.05, 0.1) is 0 Å². The molecule has 118 valence electrons. The molecule has 0 spiro atoms. The van der Waals surface area contributed by atoms with Crippen LogP contribution in [-0.4, -0.2) is 35.8 Å². The molecule has 0 aromatic carbocycles. The maximum atomic E-state index is 12.9. The van der Waals surface area contributed by atoms with Gasteiger partial charge in [-0.05, 0) is 43.4 Å². The van der Waals surface area contributed by atoms with Gasteiger partial charge in [-0.15, -0.1) is 0 Å². The minimum absolute atomic E-state index is 0.0560. The SMILES string of the molecule is CC(CN1CCC(=O)NC(C2CCCCC2)C1=O)C1CC1. The van der Waals surface area contributed by atoms with Crippen LogP contribution in [0.3, 0.4) is 0 Å². The van der Waals surface area contributed by atoms with Crippen LogP contribution in [0.1, 0.15) is 58.3 Å². The second kappa shape index (κ2) is 6.37. The Morgan fingerprint density at radius 1 is 1.14 bits per heavy atom. The van der Waals surface area contributed by atoms with Crippen molar-refractivity contribution >= 4 is 11.8 Å². The van der Waals surface area contributed by atoms with E-state index in [2.05, 4.69) is 12.2 Å². The second-order valence-corrected chi connectivity index (χ2v) is 7.29. The van der Waals surface area contributed by atoms with Crippen LogP contribution in [0.5, 0.6) is 0 Å². The maximum Gasteiger partial charge on any atom is 0.245 e. The maximum absolute atomic E-state index is 12.9. The molecule has 2 atom stereocenters. The number of carbonyl (C=O) groups is 2. The molecule has 1 aliphatic heterocycles. The molecule has 0 aromatic heterocycles. The van der Waals surface area contributed by atoms with Crippen LogP contribution in [0.4, 0.5) is 0 Å². The van der Waals surface area contributed by atoms with Gasteiger partial charge in [-0.2, -0.15) is 0 Å². The van der Waals surface area contributed by atoms with Crippen LogP contribution < -0.4 is 5.32 Å². The summed E-state index contributed by atoms with van der Waals surface area (Å²) < 4.78 is 0. The Morgan fingerprint density at radius 2 is 1.86 bits per heavy atom. The molecule has 0 radical (unpaired) electrons. The Labute approximate surface area is 127 Å². The Kier molecular flexibility index (Phi) is 4.51. The summed E-state index contributed by atoms with van der Waals surface area (Å²) in [6, 6.07) is -0.258. The highest BCUT2D eigenvalue weighted by molar-refractivity contribution is 5.90. The third-order valence-electron chi connectivity index (χ3n) is 5.56. The van der Waals surface area contributed by atoms with Crippen molar-refractivity contribution in [1.29, 1.82) is 0 Å². The lowest BCUT2D eigenvalue weighted by Crippen LogP contribution is -2.50. The predicted molar refractivity (Wildman–Crippen MR) is 81.6 cm³/mol. The fourth-order valence-electron chi connectivity index (χ4n) is 3.98.